The first kappa shape index (κ1) is 13.0. The molecule has 0 heterocycles. The molecule has 0 saturated heterocycles. The van der Waals surface area contributed by atoms with Crippen LogP contribution >= 0.6 is 0 Å². The molecule has 0 bridgehead atoms. The molecule has 0 spiro atoms. The second-order valence-corrected chi connectivity index (χ2v) is 4.41. The van der Waals surface area contributed by atoms with Gasteiger partial charge in [-0.3, -0.25) is 0 Å². The lowest BCUT2D eigenvalue weighted by Crippen LogP contribution is -2.23. The third-order valence-corrected chi connectivity index (χ3v) is 2.64. The largest absolute Gasteiger partial charge is 0.390 e. The number of unbranched alkanes of at least 4 members (excludes halogenated alkanes) is 4. The van der Waals surface area contributed by atoms with E-state index < -0.39 is 5.60 Å². The minimum atomic E-state index is -0.398. The van der Waals surface area contributed by atoms with Gasteiger partial charge >= 0.3 is 0 Å². The van der Waals surface area contributed by atoms with Gasteiger partial charge in [0.25, 0.3) is 0 Å². The normalized spacial score (nSPS) is 12.0. The lowest BCUT2D eigenvalue weighted by molar-refractivity contribution is 0.0369. The van der Waals surface area contributed by atoms with Crippen LogP contribution in [0.5, 0.6) is 0 Å². The topological polar surface area (TPSA) is 20.2 Å². The summed E-state index contributed by atoms with van der Waals surface area (Å²) < 4.78 is 0. The van der Waals surface area contributed by atoms with Crippen molar-refractivity contribution >= 4 is 0 Å². The molecular formula is C12H26O. The quantitative estimate of drug-likeness (QED) is 0.570. The van der Waals surface area contributed by atoms with Gasteiger partial charge in [-0.15, -0.1) is 0 Å². The van der Waals surface area contributed by atoms with Crippen molar-refractivity contribution in [2.45, 2.75) is 77.7 Å². The minimum Gasteiger partial charge on any atom is -0.390 e. The standard InChI is InChI=1S/C12H26O/c1-4-6-8-10-12(3,13)11-9-7-5-2/h13H,4-11H2,1-3H3. The van der Waals surface area contributed by atoms with Crippen molar-refractivity contribution < 1.29 is 5.11 Å². The van der Waals surface area contributed by atoms with Crippen LogP contribution in [0.4, 0.5) is 0 Å². The molecule has 0 atom stereocenters. The summed E-state index contributed by atoms with van der Waals surface area (Å²) in [6.45, 7) is 6.38. The number of rotatable bonds is 8. The van der Waals surface area contributed by atoms with E-state index in [2.05, 4.69) is 13.8 Å². The van der Waals surface area contributed by atoms with E-state index in [-0.39, 0.29) is 0 Å². The summed E-state index contributed by atoms with van der Waals surface area (Å²) in [5.41, 5.74) is -0.398. The molecular weight excluding hydrogens is 160 g/mol. The molecule has 0 radical (unpaired) electrons. The highest BCUT2D eigenvalue weighted by molar-refractivity contribution is 4.71. The van der Waals surface area contributed by atoms with Gasteiger partial charge in [-0.05, 0) is 19.8 Å². The van der Waals surface area contributed by atoms with Crippen LogP contribution in [0.1, 0.15) is 72.1 Å². The van der Waals surface area contributed by atoms with Crippen molar-refractivity contribution in [3.8, 4) is 0 Å². The summed E-state index contributed by atoms with van der Waals surface area (Å²) in [4.78, 5) is 0. The highest BCUT2D eigenvalue weighted by Gasteiger charge is 2.18. The van der Waals surface area contributed by atoms with E-state index in [1.165, 1.54) is 38.5 Å². The van der Waals surface area contributed by atoms with E-state index in [4.69, 9.17) is 0 Å². The Balaban J connectivity index is 3.42. The Morgan fingerprint density at radius 3 is 1.54 bits per heavy atom. The van der Waals surface area contributed by atoms with Crippen LogP contribution in [0.15, 0.2) is 0 Å². The molecule has 0 saturated carbocycles. The molecule has 0 aromatic heterocycles. The molecule has 0 aliphatic heterocycles. The van der Waals surface area contributed by atoms with Gasteiger partial charge in [0.1, 0.15) is 0 Å². The summed E-state index contributed by atoms with van der Waals surface area (Å²) in [6, 6.07) is 0. The van der Waals surface area contributed by atoms with E-state index in [1.54, 1.807) is 0 Å². The SMILES string of the molecule is CCCCCC(C)(O)CCCCC. The summed E-state index contributed by atoms with van der Waals surface area (Å²) >= 11 is 0. The Hall–Kier alpha value is -0.0400. The number of hydrogen-bond donors (Lipinski definition) is 1. The molecule has 0 aromatic carbocycles. The fourth-order valence-corrected chi connectivity index (χ4v) is 1.64. The Bertz CT molecular complexity index is 95.7. The van der Waals surface area contributed by atoms with Gasteiger partial charge in [-0.1, -0.05) is 52.4 Å². The molecule has 0 unspecified atom stereocenters. The van der Waals surface area contributed by atoms with Crippen LogP contribution in [0, 0.1) is 0 Å². The van der Waals surface area contributed by atoms with Crippen LogP contribution < -0.4 is 0 Å². The Morgan fingerprint density at radius 1 is 0.846 bits per heavy atom. The van der Waals surface area contributed by atoms with Crippen molar-refractivity contribution in [2.75, 3.05) is 0 Å². The van der Waals surface area contributed by atoms with Gasteiger partial charge in [-0.25, -0.2) is 0 Å². The lowest BCUT2D eigenvalue weighted by atomic mass is 9.92. The lowest BCUT2D eigenvalue weighted by Gasteiger charge is -2.22. The average Bonchev–Trinajstić information content (AvgIpc) is 2.05. The Morgan fingerprint density at radius 2 is 1.23 bits per heavy atom. The van der Waals surface area contributed by atoms with Gasteiger partial charge in [0, 0.05) is 0 Å². The summed E-state index contributed by atoms with van der Waals surface area (Å²) in [7, 11) is 0. The second-order valence-electron chi connectivity index (χ2n) is 4.41. The third-order valence-electron chi connectivity index (χ3n) is 2.64. The molecule has 0 rings (SSSR count). The van der Waals surface area contributed by atoms with Crippen molar-refractivity contribution in [1.29, 1.82) is 0 Å². The van der Waals surface area contributed by atoms with Crippen LogP contribution in [-0.4, -0.2) is 10.7 Å². The second kappa shape index (κ2) is 7.37. The maximum absolute atomic E-state index is 9.97. The van der Waals surface area contributed by atoms with Crippen LogP contribution in [0.3, 0.4) is 0 Å². The molecule has 1 heteroatoms. The Kier molecular flexibility index (Phi) is 7.35. The summed E-state index contributed by atoms with van der Waals surface area (Å²) in [6.07, 6.45) is 9.30. The molecule has 0 aliphatic rings. The first-order valence-corrected chi connectivity index (χ1v) is 5.84. The van der Waals surface area contributed by atoms with Gasteiger partial charge in [0.05, 0.1) is 5.60 Å². The zero-order valence-corrected chi connectivity index (χ0v) is 9.60. The highest BCUT2D eigenvalue weighted by Crippen LogP contribution is 2.21. The van der Waals surface area contributed by atoms with Gasteiger partial charge in [0.2, 0.25) is 0 Å². The van der Waals surface area contributed by atoms with Crippen LogP contribution in [0.25, 0.3) is 0 Å². The van der Waals surface area contributed by atoms with Crippen molar-refractivity contribution in [1.82, 2.24) is 0 Å². The third kappa shape index (κ3) is 8.29. The van der Waals surface area contributed by atoms with Gasteiger partial charge < -0.3 is 5.11 Å². The zero-order chi connectivity index (χ0) is 10.2. The molecule has 1 nitrogen and oxygen atoms in total. The minimum absolute atomic E-state index is 0.398. The summed E-state index contributed by atoms with van der Waals surface area (Å²) in [5, 5.41) is 9.97. The summed E-state index contributed by atoms with van der Waals surface area (Å²) in [5.74, 6) is 0. The maximum atomic E-state index is 9.97. The maximum Gasteiger partial charge on any atom is 0.0619 e. The van der Waals surface area contributed by atoms with Crippen LogP contribution in [0.2, 0.25) is 0 Å². The van der Waals surface area contributed by atoms with E-state index in [0.717, 1.165) is 12.8 Å². The smallest absolute Gasteiger partial charge is 0.0619 e. The van der Waals surface area contributed by atoms with Gasteiger partial charge in [-0.2, -0.15) is 0 Å². The first-order valence-electron chi connectivity index (χ1n) is 5.84. The molecule has 80 valence electrons. The zero-order valence-electron chi connectivity index (χ0n) is 9.60. The van der Waals surface area contributed by atoms with E-state index >= 15 is 0 Å². The average molecular weight is 186 g/mol. The van der Waals surface area contributed by atoms with Gasteiger partial charge in [0.15, 0.2) is 0 Å². The van der Waals surface area contributed by atoms with Crippen LogP contribution in [-0.2, 0) is 0 Å². The first-order chi connectivity index (χ1) is 6.12. The molecule has 1 N–H and O–H groups in total. The molecule has 0 fully saturated rings. The predicted molar refractivity (Wildman–Crippen MR) is 58.9 cm³/mol. The Labute approximate surface area is 83.5 Å². The highest BCUT2D eigenvalue weighted by atomic mass is 16.3. The van der Waals surface area contributed by atoms with Crippen molar-refractivity contribution in [2.24, 2.45) is 0 Å². The predicted octanol–water partition coefficient (Wildman–Crippen LogP) is 3.90. The molecule has 0 aromatic rings. The fourth-order valence-electron chi connectivity index (χ4n) is 1.64. The van der Waals surface area contributed by atoms with E-state index in [1.807, 2.05) is 6.92 Å². The number of hydrogen-bond acceptors (Lipinski definition) is 1. The monoisotopic (exact) mass is 186 g/mol. The molecule has 13 heavy (non-hydrogen) atoms. The molecule has 0 aliphatic carbocycles. The molecule has 0 amide bonds. The van der Waals surface area contributed by atoms with E-state index in [0.29, 0.717) is 0 Å². The fraction of sp³-hybridized carbons (Fsp3) is 1.00. The van der Waals surface area contributed by atoms with E-state index in [9.17, 15) is 5.11 Å². The number of aliphatic hydroxyl groups is 1. The van der Waals surface area contributed by atoms with Crippen molar-refractivity contribution in [3.63, 3.8) is 0 Å². The van der Waals surface area contributed by atoms with Crippen molar-refractivity contribution in [3.05, 3.63) is 0 Å².